The average molecular weight is 392 g/mol. The molecule has 2 aromatic rings. The first-order chi connectivity index (χ1) is 10.8. The molecule has 0 fully saturated rings. The summed E-state index contributed by atoms with van der Waals surface area (Å²) >= 11 is 3.34. The maximum atomic E-state index is 11.9. The minimum Gasteiger partial charge on any atom is -0.362 e. The van der Waals surface area contributed by atoms with Crippen LogP contribution in [0.1, 0.15) is 5.56 Å². The highest BCUT2D eigenvalue weighted by atomic mass is 79.9. The van der Waals surface area contributed by atoms with E-state index in [-0.39, 0.29) is 0 Å². The van der Waals surface area contributed by atoms with Crippen LogP contribution >= 0.6 is 15.9 Å². The summed E-state index contributed by atoms with van der Waals surface area (Å²) in [5.74, 6) is -0.291. The lowest BCUT2D eigenvalue weighted by atomic mass is 10.2. The molecule has 9 heteroatoms. The van der Waals surface area contributed by atoms with Crippen molar-refractivity contribution in [3.05, 3.63) is 46.6 Å². The number of hydrogen-bond donors (Lipinski definition) is 1. The molecule has 1 aromatic heterocycles. The summed E-state index contributed by atoms with van der Waals surface area (Å²) in [6.07, 6.45) is -2.96. The molecule has 1 amide bonds. The molecule has 1 N–H and O–H groups in total. The van der Waals surface area contributed by atoms with Crippen LogP contribution in [0.25, 0.3) is 0 Å². The fourth-order valence-corrected chi connectivity index (χ4v) is 2.03. The number of carbonyl (C=O) groups is 1. The van der Waals surface area contributed by atoms with Gasteiger partial charge in [0.2, 0.25) is 0 Å². The van der Waals surface area contributed by atoms with Gasteiger partial charge in [0.15, 0.2) is 0 Å². The van der Waals surface area contributed by atoms with Gasteiger partial charge >= 0.3 is 6.18 Å². The zero-order valence-corrected chi connectivity index (χ0v) is 13.4. The Morgan fingerprint density at radius 2 is 1.96 bits per heavy atom. The number of ether oxygens (including phenoxy) is 1. The lowest BCUT2D eigenvalue weighted by Crippen LogP contribution is -2.25. The second kappa shape index (κ2) is 7.60. The first-order valence-corrected chi connectivity index (χ1v) is 7.33. The van der Waals surface area contributed by atoms with E-state index < -0.39 is 25.3 Å². The fourth-order valence-electron chi connectivity index (χ4n) is 1.77. The maximum absolute atomic E-state index is 11.9. The third-order valence-electron chi connectivity index (χ3n) is 2.73. The van der Waals surface area contributed by atoms with Crippen LogP contribution in [0.5, 0.6) is 0 Å². The Bertz CT molecular complexity index is 656. The molecular weight excluding hydrogens is 379 g/mol. The average Bonchev–Trinajstić information content (AvgIpc) is 2.87. The van der Waals surface area contributed by atoms with E-state index in [1.54, 1.807) is 6.07 Å². The van der Waals surface area contributed by atoms with Gasteiger partial charge in [0.25, 0.3) is 5.91 Å². The van der Waals surface area contributed by atoms with Crippen molar-refractivity contribution >= 4 is 27.7 Å². The second-order valence-corrected chi connectivity index (χ2v) is 5.57. The van der Waals surface area contributed by atoms with Crippen LogP contribution in [0, 0.1) is 0 Å². The fraction of sp³-hybridized carbons (Fsp3) is 0.286. The Morgan fingerprint density at radius 3 is 2.61 bits per heavy atom. The van der Waals surface area contributed by atoms with Crippen molar-refractivity contribution in [2.75, 3.05) is 18.5 Å². The smallest absolute Gasteiger partial charge is 0.362 e. The van der Waals surface area contributed by atoms with E-state index in [9.17, 15) is 18.0 Å². The number of halogens is 4. The van der Waals surface area contributed by atoms with Crippen LogP contribution < -0.4 is 5.32 Å². The summed E-state index contributed by atoms with van der Waals surface area (Å²) < 4.78 is 42.6. The van der Waals surface area contributed by atoms with Crippen LogP contribution in [0.15, 0.2) is 41.0 Å². The van der Waals surface area contributed by atoms with Crippen LogP contribution in [-0.4, -0.2) is 35.1 Å². The Labute approximate surface area is 138 Å². The second-order valence-electron chi connectivity index (χ2n) is 4.66. The van der Waals surface area contributed by atoms with Crippen molar-refractivity contribution in [1.82, 2.24) is 9.78 Å². The molecule has 0 saturated heterocycles. The van der Waals surface area contributed by atoms with E-state index in [1.165, 1.54) is 10.9 Å². The van der Waals surface area contributed by atoms with Gasteiger partial charge in [-0.2, -0.15) is 18.3 Å². The molecule has 1 aromatic carbocycles. The number of benzene rings is 1. The van der Waals surface area contributed by atoms with Gasteiger partial charge in [0, 0.05) is 10.5 Å². The molecular formula is C14H13BrF3N3O2. The summed E-state index contributed by atoms with van der Waals surface area (Å²) in [7, 11) is 0. The topological polar surface area (TPSA) is 56.1 Å². The largest absolute Gasteiger partial charge is 0.411 e. The minimum atomic E-state index is -4.45. The predicted octanol–water partition coefficient (Wildman–Crippen LogP) is 3.21. The van der Waals surface area contributed by atoms with Gasteiger partial charge in [-0.05, 0) is 17.7 Å². The van der Waals surface area contributed by atoms with Gasteiger partial charge in [-0.1, -0.05) is 28.1 Å². The number of anilines is 1. The zero-order valence-electron chi connectivity index (χ0n) is 11.8. The van der Waals surface area contributed by atoms with E-state index in [0.717, 1.165) is 10.0 Å². The van der Waals surface area contributed by atoms with E-state index in [2.05, 4.69) is 31.1 Å². The molecule has 0 atom stereocenters. The predicted molar refractivity (Wildman–Crippen MR) is 81.0 cm³/mol. The Balaban J connectivity index is 1.90. The molecule has 0 bridgehead atoms. The van der Waals surface area contributed by atoms with Crippen molar-refractivity contribution in [1.29, 1.82) is 0 Å². The highest BCUT2D eigenvalue weighted by Crippen LogP contribution is 2.15. The van der Waals surface area contributed by atoms with Crippen molar-refractivity contribution in [2.24, 2.45) is 0 Å². The summed E-state index contributed by atoms with van der Waals surface area (Å²) in [4.78, 5) is 11.6. The van der Waals surface area contributed by atoms with Gasteiger partial charge in [-0.25, -0.2) is 4.68 Å². The van der Waals surface area contributed by atoms with Crippen molar-refractivity contribution < 1.29 is 22.7 Å². The molecule has 0 spiro atoms. The van der Waals surface area contributed by atoms with Crippen LogP contribution in [0.3, 0.4) is 0 Å². The van der Waals surface area contributed by atoms with Gasteiger partial charge in [0.05, 0.1) is 12.7 Å². The van der Waals surface area contributed by atoms with Crippen molar-refractivity contribution in [3.8, 4) is 0 Å². The van der Waals surface area contributed by atoms with E-state index >= 15 is 0 Å². The maximum Gasteiger partial charge on any atom is 0.411 e. The molecule has 0 aliphatic heterocycles. The summed E-state index contributed by atoms with van der Waals surface area (Å²) in [5, 5.41) is 6.54. The number of hydrogen-bond acceptors (Lipinski definition) is 3. The molecule has 0 saturated carbocycles. The first-order valence-electron chi connectivity index (χ1n) is 6.54. The van der Waals surface area contributed by atoms with Gasteiger partial charge in [-0.3, -0.25) is 4.79 Å². The van der Waals surface area contributed by atoms with Crippen molar-refractivity contribution in [2.45, 2.75) is 12.7 Å². The summed E-state index contributed by atoms with van der Waals surface area (Å²) in [5.41, 5.74) is 0.959. The number of aromatic nitrogens is 2. The Morgan fingerprint density at radius 1 is 1.26 bits per heavy atom. The highest BCUT2D eigenvalue weighted by Gasteiger charge is 2.27. The normalized spacial score (nSPS) is 11.5. The SMILES string of the molecule is O=C(COCC(F)(F)F)Nc1ccnn1Cc1ccc(Br)cc1. The summed E-state index contributed by atoms with van der Waals surface area (Å²) in [6, 6.07) is 9.10. The molecule has 0 unspecified atom stereocenters. The van der Waals surface area contributed by atoms with E-state index in [0.29, 0.717) is 12.4 Å². The molecule has 2 rings (SSSR count). The lowest BCUT2D eigenvalue weighted by Gasteiger charge is -2.10. The quantitative estimate of drug-likeness (QED) is 0.822. The molecule has 0 radical (unpaired) electrons. The van der Waals surface area contributed by atoms with Crippen LogP contribution in [0.2, 0.25) is 0 Å². The van der Waals surface area contributed by atoms with E-state index in [4.69, 9.17) is 0 Å². The van der Waals surface area contributed by atoms with E-state index in [1.807, 2.05) is 24.3 Å². The number of nitrogens with one attached hydrogen (secondary N) is 1. The van der Waals surface area contributed by atoms with Gasteiger partial charge in [-0.15, -0.1) is 0 Å². The number of carbonyl (C=O) groups excluding carboxylic acids is 1. The molecule has 1 heterocycles. The van der Waals surface area contributed by atoms with Gasteiger partial charge < -0.3 is 10.1 Å². The molecule has 5 nitrogen and oxygen atoms in total. The van der Waals surface area contributed by atoms with Crippen LogP contribution in [-0.2, 0) is 16.1 Å². The molecule has 0 aliphatic rings. The van der Waals surface area contributed by atoms with Crippen molar-refractivity contribution in [3.63, 3.8) is 0 Å². The third kappa shape index (κ3) is 6.03. The molecule has 124 valence electrons. The van der Waals surface area contributed by atoms with Crippen LogP contribution in [0.4, 0.5) is 19.0 Å². The highest BCUT2D eigenvalue weighted by molar-refractivity contribution is 9.10. The standard InChI is InChI=1S/C14H13BrF3N3O2/c15-11-3-1-10(2-4-11)7-21-12(5-6-19-21)20-13(22)8-23-9-14(16,17)18/h1-6H,7-9H2,(H,20,22). The lowest BCUT2D eigenvalue weighted by molar-refractivity contribution is -0.174. The number of rotatable bonds is 6. The molecule has 23 heavy (non-hydrogen) atoms. The minimum absolute atomic E-state index is 0.383. The zero-order chi connectivity index (χ0) is 16.9. The monoisotopic (exact) mass is 391 g/mol. The Kier molecular flexibility index (Phi) is 5.78. The number of amides is 1. The van der Waals surface area contributed by atoms with Gasteiger partial charge in [0.1, 0.15) is 19.0 Å². The number of nitrogens with zero attached hydrogens (tertiary/aromatic N) is 2. The summed E-state index contributed by atoms with van der Waals surface area (Å²) in [6.45, 7) is -1.72. The third-order valence-corrected chi connectivity index (χ3v) is 3.26. The Hall–Kier alpha value is -1.87. The first kappa shape index (κ1) is 17.5. The number of alkyl halides is 3. The molecule has 0 aliphatic carbocycles.